The van der Waals surface area contributed by atoms with Crippen LogP contribution in [0.5, 0.6) is 0 Å². The molecule has 1 aliphatic carbocycles. The number of halogens is 3. The largest absolute Gasteiger partial charge is 0.445 e. The SMILES string of the molecule is CS(=O)(=O)C1(C(=O)Nc2nnc(C(F)(F)F)s2)CCC1. The summed E-state index contributed by atoms with van der Waals surface area (Å²) in [6.07, 6.45) is -2.83. The molecule has 0 radical (unpaired) electrons. The van der Waals surface area contributed by atoms with Crippen LogP contribution >= 0.6 is 11.3 Å². The quantitative estimate of drug-likeness (QED) is 0.907. The van der Waals surface area contributed by atoms with Crippen molar-refractivity contribution in [2.75, 3.05) is 11.6 Å². The van der Waals surface area contributed by atoms with Gasteiger partial charge >= 0.3 is 6.18 Å². The summed E-state index contributed by atoms with van der Waals surface area (Å²) < 4.78 is 58.8. The van der Waals surface area contributed by atoms with Gasteiger partial charge in [0.05, 0.1) is 0 Å². The molecule has 0 unspecified atom stereocenters. The van der Waals surface area contributed by atoms with Crippen molar-refractivity contribution in [1.82, 2.24) is 10.2 Å². The molecular weight excluding hydrogens is 319 g/mol. The lowest BCUT2D eigenvalue weighted by atomic mass is 9.83. The first-order valence-corrected chi connectivity index (χ1v) is 8.19. The van der Waals surface area contributed by atoms with E-state index in [9.17, 15) is 26.4 Å². The molecule has 0 spiro atoms. The van der Waals surface area contributed by atoms with Crippen LogP contribution in [0.15, 0.2) is 0 Å². The fourth-order valence-corrected chi connectivity index (χ4v) is 3.89. The first kappa shape index (κ1) is 15.2. The normalized spacial score (nSPS) is 18.4. The Bertz CT molecular complexity index is 634. The van der Waals surface area contributed by atoms with E-state index in [-0.39, 0.29) is 29.3 Å². The third kappa shape index (κ3) is 2.51. The average Bonchev–Trinajstić information content (AvgIpc) is 2.60. The molecule has 0 aliphatic heterocycles. The summed E-state index contributed by atoms with van der Waals surface area (Å²) in [5, 5.41) is 6.65. The Hall–Kier alpha value is -1.23. The number of hydrogen-bond acceptors (Lipinski definition) is 6. The Morgan fingerprint density at radius 1 is 1.35 bits per heavy atom. The van der Waals surface area contributed by atoms with Gasteiger partial charge in [0.25, 0.3) is 0 Å². The first-order valence-electron chi connectivity index (χ1n) is 5.48. The molecule has 0 saturated heterocycles. The predicted octanol–water partition coefficient (Wildman–Crippen LogP) is 1.46. The van der Waals surface area contributed by atoms with E-state index in [2.05, 4.69) is 15.5 Å². The Morgan fingerprint density at radius 2 is 1.95 bits per heavy atom. The lowest BCUT2D eigenvalue weighted by Gasteiger charge is -2.37. The lowest BCUT2D eigenvalue weighted by Crippen LogP contribution is -2.54. The molecule has 1 fully saturated rings. The molecule has 0 aromatic carbocycles. The Kier molecular flexibility index (Phi) is 3.53. The summed E-state index contributed by atoms with van der Waals surface area (Å²) in [6.45, 7) is 0. The van der Waals surface area contributed by atoms with Crippen LogP contribution in [0.1, 0.15) is 24.3 Å². The van der Waals surface area contributed by atoms with Crippen LogP contribution < -0.4 is 5.32 Å². The zero-order valence-electron chi connectivity index (χ0n) is 10.2. The standard InChI is InChI=1S/C9H10F3N3O3S2/c1-20(17,18)8(3-2-4-8)5(16)13-7-15-14-6(19-7)9(10,11)12/h2-4H2,1H3,(H,13,15,16). The molecule has 0 bridgehead atoms. The van der Waals surface area contributed by atoms with Gasteiger partial charge in [0, 0.05) is 6.26 Å². The predicted molar refractivity (Wildman–Crippen MR) is 65.0 cm³/mol. The highest BCUT2D eigenvalue weighted by molar-refractivity contribution is 7.93. The number of hydrogen-bond donors (Lipinski definition) is 1. The minimum absolute atomic E-state index is 0.155. The van der Waals surface area contributed by atoms with Gasteiger partial charge in [-0.2, -0.15) is 13.2 Å². The lowest BCUT2D eigenvalue weighted by molar-refractivity contribution is -0.138. The van der Waals surface area contributed by atoms with E-state index in [0.717, 1.165) is 6.26 Å². The van der Waals surface area contributed by atoms with Gasteiger partial charge in [-0.1, -0.05) is 11.3 Å². The summed E-state index contributed by atoms with van der Waals surface area (Å²) in [4.78, 5) is 12.0. The zero-order valence-corrected chi connectivity index (χ0v) is 11.8. The Morgan fingerprint density at radius 3 is 2.30 bits per heavy atom. The van der Waals surface area contributed by atoms with Crippen LogP contribution in [0.4, 0.5) is 18.3 Å². The first-order chi connectivity index (χ1) is 9.06. The summed E-state index contributed by atoms with van der Waals surface area (Å²) in [5.74, 6) is -0.851. The fourth-order valence-electron chi connectivity index (χ4n) is 1.86. The molecule has 1 amide bonds. The summed E-state index contributed by atoms with van der Waals surface area (Å²) in [5.41, 5.74) is 0. The molecule has 2 rings (SSSR count). The third-order valence-electron chi connectivity index (χ3n) is 3.17. The van der Waals surface area contributed by atoms with Crippen LogP contribution in [-0.2, 0) is 20.8 Å². The van der Waals surface area contributed by atoms with Crippen LogP contribution in [0.2, 0.25) is 0 Å². The van der Waals surface area contributed by atoms with Crippen LogP contribution in [-0.4, -0.2) is 35.5 Å². The van der Waals surface area contributed by atoms with E-state index in [1.54, 1.807) is 0 Å². The number of carbonyl (C=O) groups excluding carboxylic acids is 1. The summed E-state index contributed by atoms with van der Waals surface area (Å²) in [7, 11) is -3.65. The highest BCUT2D eigenvalue weighted by Gasteiger charge is 2.53. The smallest absolute Gasteiger partial charge is 0.299 e. The minimum atomic E-state index is -4.65. The monoisotopic (exact) mass is 329 g/mol. The zero-order chi connectivity index (χ0) is 15.2. The van der Waals surface area contributed by atoms with E-state index >= 15 is 0 Å². The van der Waals surface area contributed by atoms with Gasteiger partial charge < -0.3 is 0 Å². The molecule has 1 heterocycles. The van der Waals surface area contributed by atoms with Gasteiger partial charge in [0.15, 0.2) is 14.6 Å². The number of amides is 1. The maximum Gasteiger partial charge on any atom is 0.445 e. The van der Waals surface area contributed by atoms with Gasteiger partial charge in [-0.25, -0.2) is 8.42 Å². The Labute approximate surface area is 116 Å². The molecule has 1 aromatic heterocycles. The third-order valence-corrected chi connectivity index (χ3v) is 6.07. The van der Waals surface area contributed by atoms with Gasteiger partial charge in [-0.3, -0.25) is 10.1 Å². The second-order valence-electron chi connectivity index (χ2n) is 4.48. The molecule has 1 aliphatic rings. The van der Waals surface area contributed by atoms with E-state index in [4.69, 9.17) is 0 Å². The second-order valence-corrected chi connectivity index (χ2v) is 7.79. The van der Waals surface area contributed by atoms with Crippen molar-refractivity contribution in [2.45, 2.75) is 30.2 Å². The van der Waals surface area contributed by atoms with E-state index in [1.807, 2.05) is 0 Å². The molecule has 112 valence electrons. The number of carbonyl (C=O) groups is 1. The van der Waals surface area contributed by atoms with Crippen molar-refractivity contribution in [2.24, 2.45) is 0 Å². The van der Waals surface area contributed by atoms with Gasteiger partial charge in [0.2, 0.25) is 16.0 Å². The number of nitrogens with one attached hydrogen (secondary N) is 1. The molecule has 1 N–H and O–H groups in total. The molecule has 11 heteroatoms. The average molecular weight is 329 g/mol. The highest BCUT2D eigenvalue weighted by Crippen LogP contribution is 2.40. The van der Waals surface area contributed by atoms with Crippen molar-refractivity contribution >= 4 is 32.2 Å². The number of alkyl halides is 3. The van der Waals surface area contributed by atoms with E-state index < -0.39 is 31.7 Å². The molecule has 20 heavy (non-hydrogen) atoms. The minimum Gasteiger partial charge on any atom is -0.299 e. The number of aromatic nitrogens is 2. The van der Waals surface area contributed by atoms with Crippen molar-refractivity contribution in [3.63, 3.8) is 0 Å². The molecule has 1 saturated carbocycles. The number of anilines is 1. The fraction of sp³-hybridized carbons (Fsp3) is 0.667. The van der Waals surface area contributed by atoms with Crippen molar-refractivity contribution < 1.29 is 26.4 Å². The Balaban J connectivity index is 2.18. The van der Waals surface area contributed by atoms with Crippen molar-refractivity contribution in [1.29, 1.82) is 0 Å². The molecular formula is C9H10F3N3O3S2. The van der Waals surface area contributed by atoms with Gasteiger partial charge in [-0.05, 0) is 19.3 Å². The number of nitrogens with zero attached hydrogens (tertiary/aromatic N) is 2. The maximum atomic E-state index is 12.3. The van der Waals surface area contributed by atoms with E-state index in [0.29, 0.717) is 6.42 Å². The topological polar surface area (TPSA) is 89.0 Å². The summed E-state index contributed by atoms with van der Waals surface area (Å²) >= 11 is 0.155. The second kappa shape index (κ2) is 4.65. The van der Waals surface area contributed by atoms with Gasteiger partial charge in [0.1, 0.15) is 0 Å². The van der Waals surface area contributed by atoms with Crippen molar-refractivity contribution in [3.05, 3.63) is 5.01 Å². The van der Waals surface area contributed by atoms with E-state index in [1.165, 1.54) is 0 Å². The molecule has 0 atom stereocenters. The number of sulfone groups is 1. The van der Waals surface area contributed by atoms with Gasteiger partial charge in [-0.15, -0.1) is 10.2 Å². The highest BCUT2D eigenvalue weighted by atomic mass is 32.2. The van der Waals surface area contributed by atoms with Crippen LogP contribution in [0, 0.1) is 0 Å². The van der Waals surface area contributed by atoms with Crippen molar-refractivity contribution in [3.8, 4) is 0 Å². The van der Waals surface area contributed by atoms with Crippen LogP contribution in [0.25, 0.3) is 0 Å². The van der Waals surface area contributed by atoms with Crippen LogP contribution in [0.3, 0.4) is 0 Å². The number of rotatable bonds is 3. The molecule has 1 aromatic rings. The maximum absolute atomic E-state index is 12.3. The summed E-state index contributed by atoms with van der Waals surface area (Å²) in [6, 6.07) is 0. The molecule has 6 nitrogen and oxygen atoms in total.